The van der Waals surface area contributed by atoms with Gasteiger partial charge in [0.1, 0.15) is 17.2 Å². The average molecular weight is 322 g/mol. The van der Waals surface area contributed by atoms with Crippen LogP contribution in [0, 0.1) is 5.82 Å². The standard InChI is InChI=1S/C17H23FN2O3/c1-17(2,3)23-16(22)20-7-6-13(21)9-15(20)14-5-4-12(18)8-11(14)10-19/h4-5,8,15H,6-7,9-10,19H2,1-3H3/t15-/m1/s1. The van der Waals surface area contributed by atoms with E-state index in [1.165, 1.54) is 12.1 Å². The van der Waals surface area contributed by atoms with Crippen LogP contribution < -0.4 is 5.73 Å². The summed E-state index contributed by atoms with van der Waals surface area (Å²) in [5.41, 5.74) is 6.37. The van der Waals surface area contributed by atoms with Gasteiger partial charge in [-0.3, -0.25) is 4.79 Å². The van der Waals surface area contributed by atoms with E-state index in [2.05, 4.69) is 0 Å². The zero-order chi connectivity index (χ0) is 17.2. The van der Waals surface area contributed by atoms with Gasteiger partial charge in [0.15, 0.2) is 0 Å². The first-order chi connectivity index (χ1) is 10.7. The third kappa shape index (κ3) is 4.28. The summed E-state index contributed by atoms with van der Waals surface area (Å²) in [7, 11) is 0. The zero-order valence-electron chi connectivity index (χ0n) is 13.8. The number of hydrogen-bond acceptors (Lipinski definition) is 4. The SMILES string of the molecule is CC(C)(C)OC(=O)N1CCC(=O)C[C@@H]1c1ccc(F)cc1CN. The summed E-state index contributed by atoms with van der Waals surface area (Å²) in [6, 6.07) is 3.80. The van der Waals surface area contributed by atoms with Gasteiger partial charge in [-0.05, 0) is 44.0 Å². The molecular weight excluding hydrogens is 299 g/mol. The zero-order valence-corrected chi connectivity index (χ0v) is 13.8. The molecule has 0 spiro atoms. The Kier molecular flexibility index (Phi) is 5.04. The summed E-state index contributed by atoms with van der Waals surface area (Å²) < 4.78 is 18.9. The first kappa shape index (κ1) is 17.4. The highest BCUT2D eigenvalue weighted by molar-refractivity contribution is 5.82. The number of ether oxygens (including phenoxy) is 1. The highest BCUT2D eigenvalue weighted by Crippen LogP contribution is 2.33. The van der Waals surface area contributed by atoms with Gasteiger partial charge in [-0.25, -0.2) is 9.18 Å². The van der Waals surface area contributed by atoms with Crippen molar-refractivity contribution < 1.29 is 18.7 Å². The van der Waals surface area contributed by atoms with Crippen molar-refractivity contribution in [3.05, 3.63) is 35.1 Å². The number of halogens is 1. The fourth-order valence-corrected chi connectivity index (χ4v) is 2.72. The molecule has 1 aliphatic heterocycles. The molecule has 1 amide bonds. The van der Waals surface area contributed by atoms with E-state index in [4.69, 9.17) is 10.5 Å². The van der Waals surface area contributed by atoms with E-state index in [0.29, 0.717) is 24.1 Å². The second-order valence-electron chi connectivity index (χ2n) is 6.73. The molecular formula is C17H23FN2O3. The van der Waals surface area contributed by atoms with Crippen LogP contribution in [0.4, 0.5) is 9.18 Å². The maximum atomic E-state index is 13.4. The second-order valence-corrected chi connectivity index (χ2v) is 6.73. The van der Waals surface area contributed by atoms with Gasteiger partial charge in [0, 0.05) is 25.9 Å². The van der Waals surface area contributed by atoms with Crippen molar-refractivity contribution in [1.82, 2.24) is 4.90 Å². The number of Topliss-reactive ketones (excluding diaryl/α,β-unsaturated/α-hetero) is 1. The molecule has 126 valence electrons. The Labute approximate surface area is 135 Å². The number of nitrogens with two attached hydrogens (primary N) is 1. The van der Waals surface area contributed by atoms with Crippen molar-refractivity contribution in [3.8, 4) is 0 Å². The molecule has 1 fully saturated rings. The smallest absolute Gasteiger partial charge is 0.410 e. The maximum absolute atomic E-state index is 13.4. The molecule has 1 aromatic carbocycles. The Morgan fingerprint density at radius 1 is 1.43 bits per heavy atom. The van der Waals surface area contributed by atoms with Gasteiger partial charge in [-0.15, -0.1) is 0 Å². The minimum atomic E-state index is -0.622. The number of amides is 1. The van der Waals surface area contributed by atoms with Crippen LogP contribution in [0.5, 0.6) is 0 Å². The van der Waals surface area contributed by atoms with Crippen LogP contribution in [0.3, 0.4) is 0 Å². The van der Waals surface area contributed by atoms with Gasteiger partial charge in [-0.1, -0.05) is 6.07 Å². The molecule has 2 N–H and O–H groups in total. The molecule has 1 aliphatic rings. The Hall–Kier alpha value is -1.95. The number of ketones is 1. The fourth-order valence-electron chi connectivity index (χ4n) is 2.72. The molecule has 0 bridgehead atoms. The highest BCUT2D eigenvalue weighted by atomic mass is 19.1. The average Bonchev–Trinajstić information content (AvgIpc) is 2.45. The van der Waals surface area contributed by atoms with Crippen LogP contribution in [0.1, 0.15) is 50.8 Å². The van der Waals surface area contributed by atoms with Crippen molar-refractivity contribution in [2.45, 2.75) is 51.8 Å². The van der Waals surface area contributed by atoms with E-state index in [1.54, 1.807) is 31.7 Å². The quantitative estimate of drug-likeness (QED) is 0.908. The van der Waals surface area contributed by atoms with E-state index < -0.39 is 17.7 Å². The summed E-state index contributed by atoms with van der Waals surface area (Å²) in [5, 5.41) is 0. The molecule has 23 heavy (non-hydrogen) atoms. The maximum Gasteiger partial charge on any atom is 0.410 e. The number of nitrogens with zero attached hydrogens (tertiary/aromatic N) is 1. The molecule has 1 aromatic rings. The Bertz CT molecular complexity index is 610. The van der Waals surface area contributed by atoms with Crippen molar-refractivity contribution >= 4 is 11.9 Å². The third-order valence-electron chi connectivity index (χ3n) is 3.74. The molecule has 1 saturated heterocycles. The van der Waals surface area contributed by atoms with Crippen molar-refractivity contribution in [2.75, 3.05) is 6.54 Å². The lowest BCUT2D eigenvalue weighted by Crippen LogP contribution is -2.44. The Balaban J connectivity index is 2.35. The molecule has 1 heterocycles. The third-order valence-corrected chi connectivity index (χ3v) is 3.74. The van der Waals surface area contributed by atoms with E-state index in [1.807, 2.05) is 0 Å². The molecule has 1 atom stereocenters. The van der Waals surface area contributed by atoms with Crippen LogP contribution in [-0.2, 0) is 16.1 Å². The van der Waals surface area contributed by atoms with E-state index in [-0.39, 0.29) is 24.6 Å². The first-order valence-electron chi connectivity index (χ1n) is 7.71. The monoisotopic (exact) mass is 322 g/mol. The molecule has 0 aliphatic carbocycles. The predicted octanol–water partition coefficient (Wildman–Crippen LogP) is 2.93. The summed E-state index contributed by atoms with van der Waals surface area (Å²) >= 11 is 0. The molecule has 0 unspecified atom stereocenters. The van der Waals surface area contributed by atoms with Crippen LogP contribution in [0.15, 0.2) is 18.2 Å². The number of benzene rings is 1. The lowest BCUT2D eigenvalue weighted by Gasteiger charge is -2.37. The predicted molar refractivity (Wildman–Crippen MR) is 84.2 cm³/mol. The topological polar surface area (TPSA) is 72.6 Å². The van der Waals surface area contributed by atoms with E-state index in [9.17, 15) is 14.0 Å². The summed E-state index contributed by atoms with van der Waals surface area (Å²) in [4.78, 5) is 25.9. The number of carbonyl (C=O) groups is 2. The molecule has 0 saturated carbocycles. The van der Waals surface area contributed by atoms with Crippen LogP contribution >= 0.6 is 0 Å². The van der Waals surface area contributed by atoms with Gasteiger partial charge < -0.3 is 15.4 Å². The minimum Gasteiger partial charge on any atom is -0.444 e. The molecule has 5 nitrogen and oxygen atoms in total. The largest absolute Gasteiger partial charge is 0.444 e. The molecule has 0 aromatic heterocycles. The van der Waals surface area contributed by atoms with Gasteiger partial charge in [-0.2, -0.15) is 0 Å². The van der Waals surface area contributed by atoms with Gasteiger partial charge >= 0.3 is 6.09 Å². The van der Waals surface area contributed by atoms with E-state index in [0.717, 1.165) is 0 Å². The lowest BCUT2D eigenvalue weighted by atomic mass is 9.91. The number of carbonyl (C=O) groups excluding carboxylic acids is 2. The summed E-state index contributed by atoms with van der Waals surface area (Å²) in [6.45, 7) is 5.80. The van der Waals surface area contributed by atoms with Crippen LogP contribution in [0.2, 0.25) is 0 Å². The van der Waals surface area contributed by atoms with Crippen molar-refractivity contribution in [3.63, 3.8) is 0 Å². The Morgan fingerprint density at radius 3 is 2.74 bits per heavy atom. The highest BCUT2D eigenvalue weighted by Gasteiger charge is 2.35. The van der Waals surface area contributed by atoms with Crippen LogP contribution in [0.25, 0.3) is 0 Å². The van der Waals surface area contributed by atoms with Gasteiger partial charge in [0.05, 0.1) is 6.04 Å². The van der Waals surface area contributed by atoms with Gasteiger partial charge in [0.25, 0.3) is 0 Å². The summed E-state index contributed by atoms with van der Waals surface area (Å²) in [6.07, 6.45) is 0.0227. The molecule has 2 rings (SSSR count). The number of piperidine rings is 1. The fraction of sp³-hybridized carbons (Fsp3) is 0.529. The van der Waals surface area contributed by atoms with Crippen molar-refractivity contribution in [2.24, 2.45) is 5.73 Å². The van der Waals surface area contributed by atoms with Gasteiger partial charge in [0.2, 0.25) is 0 Å². The summed E-state index contributed by atoms with van der Waals surface area (Å²) in [5.74, 6) is -0.317. The van der Waals surface area contributed by atoms with Crippen LogP contribution in [-0.4, -0.2) is 28.9 Å². The first-order valence-corrected chi connectivity index (χ1v) is 7.71. The number of hydrogen-bond donors (Lipinski definition) is 1. The number of rotatable bonds is 2. The number of likely N-dealkylation sites (tertiary alicyclic amines) is 1. The normalized spacial score (nSPS) is 18.9. The van der Waals surface area contributed by atoms with E-state index >= 15 is 0 Å². The lowest BCUT2D eigenvalue weighted by molar-refractivity contribution is -0.123. The Morgan fingerprint density at radius 2 is 2.13 bits per heavy atom. The minimum absolute atomic E-state index is 0.0714. The molecule has 0 radical (unpaired) electrons. The molecule has 6 heteroatoms. The van der Waals surface area contributed by atoms with Crippen molar-refractivity contribution in [1.29, 1.82) is 0 Å². The second kappa shape index (κ2) is 6.66.